The maximum Gasteiger partial charge on any atom is 0.266 e. The number of anilines is 1. The molecule has 0 aliphatic carbocycles. The lowest BCUT2D eigenvalue weighted by atomic mass is 10.1. The lowest BCUT2D eigenvalue weighted by molar-refractivity contribution is 0.103. The molecular weight excluding hydrogens is 410 g/mol. The van der Waals surface area contributed by atoms with Gasteiger partial charge >= 0.3 is 0 Å². The fraction of sp³-hybridized carbons (Fsp3) is 0.0417. The zero-order valence-corrected chi connectivity index (χ0v) is 17.8. The van der Waals surface area contributed by atoms with Crippen LogP contribution in [0.3, 0.4) is 0 Å². The van der Waals surface area contributed by atoms with Crippen LogP contribution in [0.4, 0.5) is 5.00 Å². The van der Waals surface area contributed by atoms with E-state index in [1.54, 1.807) is 6.07 Å². The summed E-state index contributed by atoms with van der Waals surface area (Å²) >= 11 is 2.69. The van der Waals surface area contributed by atoms with Gasteiger partial charge in [-0.05, 0) is 30.0 Å². The number of nitrogens with zero attached hydrogens (tertiary/aromatic N) is 2. The lowest BCUT2D eigenvalue weighted by Gasteiger charge is -2.03. The first-order valence-electron chi connectivity index (χ1n) is 9.24. The highest BCUT2D eigenvalue weighted by Gasteiger charge is 2.19. The molecule has 0 fully saturated rings. The summed E-state index contributed by atoms with van der Waals surface area (Å²) in [6, 6.07) is 23.5. The molecule has 0 saturated carbocycles. The summed E-state index contributed by atoms with van der Waals surface area (Å²) in [6.45, 7) is 2.02. The number of allylic oxidation sites excluding steroid dienone is 1. The number of hydrogen-bond donors (Lipinski definition) is 1. The number of aromatic nitrogens is 1. The van der Waals surface area contributed by atoms with Gasteiger partial charge in [-0.3, -0.25) is 4.79 Å². The highest BCUT2D eigenvalue weighted by Crippen LogP contribution is 2.37. The normalized spacial score (nSPS) is 11.1. The van der Waals surface area contributed by atoms with Crippen molar-refractivity contribution in [2.45, 2.75) is 6.92 Å². The maximum absolute atomic E-state index is 12.6. The summed E-state index contributed by atoms with van der Waals surface area (Å²) in [5.74, 6) is -0.182. The van der Waals surface area contributed by atoms with Crippen molar-refractivity contribution in [3.05, 3.63) is 93.1 Å². The summed E-state index contributed by atoms with van der Waals surface area (Å²) in [5, 5.41) is 15.8. The highest BCUT2D eigenvalue weighted by molar-refractivity contribution is 7.18. The molecule has 1 N–H and O–H groups in total. The van der Waals surface area contributed by atoms with Crippen LogP contribution in [0.25, 0.3) is 22.9 Å². The molecule has 1 amide bonds. The standard InChI is InChI=1S/C24H17N3OS2/c1-16-9-11-17(12-10-16)14-19(15-25)23-26-21(18-6-3-2-4-7-18)24(30-23)27-22(28)20-8-5-13-29-20/h2-14H,1H3,(H,27,28)/b19-14-. The van der Waals surface area contributed by atoms with Gasteiger partial charge in [0.2, 0.25) is 0 Å². The second-order valence-corrected chi connectivity index (χ2v) is 8.52. The number of benzene rings is 2. The van der Waals surface area contributed by atoms with Crippen molar-refractivity contribution in [1.82, 2.24) is 4.98 Å². The van der Waals surface area contributed by atoms with E-state index in [2.05, 4.69) is 11.4 Å². The van der Waals surface area contributed by atoms with Gasteiger partial charge in [0.1, 0.15) is 21.8 Å². The van der Waals surface area contributed by atoms with Crippen LogP contribution in [0.1, 0.15) is 25.8 Å². The first-order valence-corrected chi connectivity index (χ1v) is 10.9. The van der Waals surface area contributed by atoms with E-state index in [9.17, 15) is 10.1 Å². The molecule has 0 spiro atoms. The molecule has 4 aromatic rings. The highest BCUT2D eigenvalue weighted by atomic mass is 32.1. The molecule has 0 saturated heterocycles. The van der Waals surface area contributed by atoms with Gasteiger partial charge in [-0.1, -0.05) is 77.6 Å². The van der Waals surface area contributed by atoms with E-state index in [-0.39, 0.29) is 5.91 Å². The Morgan fingerprint density at radius 2 is 1.83 bits per heavy atom. The minimum atomic E-state index is -0.182. The third kappa shape index (κ3) is 4.38. The second-order valence-electron chi connectivity index (χ2n) is 6.57. The fourth-order valence-corrected chi connectivity index (χ4v) is 4.42. The molecule has 2 heterocycles. The molecule has 0 radical (unpaired) electrons. The van der Waals surface area contributed by atoms with Gasteiger partial charge in [-0.2, -0.15) is 5.26 Å². The van der Waals surface area contributed by atoms with Crippen LogP contribution in [0.5, 0.6) is 0 Å². The predicted octanol–water partition coefficient (Wildman–Crippen LogP) is 6.50. The largest absolute Gasteiger partial charge is 0.311 e. The van der Waals surface area contributed by atoms with Crippen LogP contribution in [0, 0.1) is 18.3 Å². The molecule has 4 rings (SSSR count). The summed E-state index contributed by atoms with van der Waals surface area (Å²) in [7, 11) is 0. The minimum absolute atomic E-state index is 0.182. The molecule has 6 heteroatoms. The van der Waals surface area contributed by atoms with Crippen LogP contribution in [-0.4, -0.2) is 10.9 Å². The van der Waals surface area contributed by atoms with E-state index in [0.29, 0.717) is 26.2 Å². The number of nitrogens with one attached hydrogen (secondary N) is 1. The first kappa shape index (κ1) is 19.8. The quantitative estimate of drug-likeness (QED) is 0.370. The SMILES string of the molecule is Cc1ccc(/C=C(/C#N)c2nc(-c3ccccc3)c(NC(=O)c3cccs3)s2)cc1. The number of thiazole rings is 1. The van der Waals surface area contributed by atoms with Gasteiger partial charge in [-0.25, -0.2) is 4.98 Å². The number of carbonyl (C=O) groups is 1. The molecule has 2 aromatic heterocycles. The molecule has 0 aliphatic rings. The number of hydrogen-bond acceptors (Lipinski definition) is 5. The Balaban J connectivity index is 1.75. The third-order valence-corrected chi connectivity index (χ3v) is 6.26. The Bertz CT molecular complexity index is 1230. The fourth-order valence-electron chi connectivity index (χ4n) is 2.86. The van der Waals surface area contributed by atoms with Crippen LogP contribution in [0.2, 0.25) is 0 Å². The Morgan fingerprint density at radius 3 is 2.50 bits per heavy atom. The lowest BCUT2D eigenvalue weighted by Crippen LogP contribution is -2.09. The van der Waals surface area contributed by atoms with E-state index in [0.717, 1.165) is 16.7 Å². The van der Waals surface area contributed by atoms with Gasteiger partial charge in [0.25, 0.3) is 5.91 Å². The summed E-state index contributed by atoms with van der Waals surface area (Å²) in [6.07, 6.45) is 1.82. The van der Waals surface area contributed by atoms with Crippen molar-refractivity contribution in [2.75, 3.05) is 5.32 Å². The average Bonchev–Trinajstić information content (AvgIpc) is 3.44. The van der Waals surface area contributed by atoms with Crippen molar-refractivity contribution >= 4 is 45.2 Å². The molecule has 0 atom stereocenters. The number of aryl methyl sites for hydroxylation is 1. The van der Waals surface area contributed by atoms with E-state index in [1.807, 2.05) is 79.0 Å². The number of amides is 1. The van der Waals surface area contributed by atoms with Gasteiger partial charge in [-0.15, -0.1) is 11.3 Å². The Kier molecular flexibility index (Phi) is 5.84. The molecule has 0 aliphatic heterocycles. The number of nitriles is 1. The average molecular weight is 428 g/mol. The molecule has 0 bridgehead atoms. The first-order chi connectivity index (χ1) is 14.6. The third-order valence-electron chi connectivity index (χ3n) is 4.39. The van der Waals surface area contributed by atoms with Gasteiger partial charge in [0, 0.05) is 5.56 Å². The Hall–Kier alpha value is -3.53. The van der Waals surface area contributed by atoms with Crippen LogP contribution < -0.4 is 5.32 Å². The van der Waals surface area contributed by atoms with Crippen LogP contribution in [0.15, 0.2) is 72.1 Å². The van der Waals surface area contributed by atoms with Gasteiger partial charge < -0.3 is 5.32 Å². The smallest absolute Gasteiger partial charge is 0.266 e. The van der Waals surface area contributed by atoms with Crippen molar-refractivity contribution < 1.29 is 4.79 Å². The van der Waals surface area contributed by atoms with E-state index in [1.165, 1.54) is 22.7 Å². The monoisotopic (exact) mass is 427 g/mol. The molecule has 0 unspecified atom stereocenters. The summed E-state index contributed by atoms with van der Waals surface area (Å²) in [4.78, 5) is 18.0. The van der Waals surface area contributed by atoms with E-state index >= 15 is 0 Å². The van der Waals surface area contributed by atoms with Crippen molar-refractivity contribution in [1.29, 1.82) is 5.26 Å². The molecule has 4 nitrogen and oxygen atoms in total. The molecule has 30 heavy (non-hydrogen) atoms. The summed E-state index contributed by atoms with van der Waals surface area (Å²) in [5.41, 5.74) is 4.08. The summed E-state index contributed by atoms with van der Waals surface area (Å²) < 4.78 is 0. The van der Waals surface area contributed by atoms with Crippen molar-refractivity contribution in [3.8, 4) is 17.3 Å². The second kappa shape index (κ2) is 8.87. The molecule has 2 aromatic carbocycles. The molecule has 146 valence electrons. The Labute approximate surface area is 182 Å². The van der Waals surface area contributed by atoms with E-state index < -0.39 is 0 Å². The Morgan fingerprint density at radius 1 is 1.07 bits per heavy atom. The maximum atomic E-state index is 12.6. The molecular formula is C24H17N3OS2. The zero-order valence-electron chi connectivity index (χ0n) is 16.1. The number of thiophene rings is 1. The minimum Gasteiger partial charge on any atom is -0.311 e. The predicted molar refractivity (Wildman–Crippen MR) is 124 cm³/mol. The van der Waals surface area contributed by atoms with Crippen LogP contribution >= 0.6 is 22.7 Å². The zero-order chi connectivity index (χ0) is 20.9. The van der Waals surface area contributed by atoms with Gasteiger partial charge in [0.05, 0.1) is 10.5 Å². The number of carbonyl (C=O) groups excluding carboxylic acids is 1. The van der Waals surface area contributed by atoms with Crippen LogP contribution in [-0.2, 0) is 0 Å². The van der Waals surface area contributed by atoms with Crippen molar-refractivity contribution in [2.24, 2.45) is 0 Å². The van der Waals surface area contributed by atoms with E-state index in [4.69, 9.17) is 4.98 Å². The topological polar surface area (TPSA) is 65.8 Å². The van der Waals surface area contributed by atoms with Gasteiger partial charge in [0.15, 0.2) is 0 Å². The van der Waals surface area contributed by atoms with Crippen molar-refractivity contribution in [3.63, 3.8) is 0 Å². The number of rotatable bonds is 5.